The molecule has 4 heterocycles. The maximum Gasteiger partial charge on any atom is 0.329 e. The van der Waals surface area contributed by atoms with Crippen molar-refractivity contribution in [1.29, 1.82) is 0 Å². The second kappa shape index (κ2) is 15.9. The molecule has 3 fully saturated rings. The third kappa shape index (κ3) is 7.78. The lowest BCUT2D eigenvalue weighted by atomic mass is 9.88. The number of imidazole rings is 1. The molecule has 1 atom stereocenters. The Balaban J connectivity index is 0.825. The zero-order valence-electron chi connectivity index (χ0n) is 30.6. The van der Waals surface area contributed by atoms with Crippen LogP contribution in [0.15, 0.2) is 47.3 Å². The molecule has 7 rings (SSSR count). The third-order valence-electron chi connectivity index (χ3n) is 10.5. The summed E-state index contributed by atoms with van der Waals surface area (Å²) in [6.07, 6.45) is 2.37. The van der Waals surface area contributed by atoms with E-state index in [1.54, 1.807) is 22.4 Å². The van der Waals surface area contributed by atoms with Gasteiger partial charge in [0.15, 0.2) is 5.82 Å². The molecule has 3 aliphatic rings. The van der Waals surface area contributed by atoms with Gasteiger partial charge in [-0.25, -0.2) is 18.2 Å². The highest BCUT2D eigenvalue weighted by molar-refractivity contribution is 7.92. The van der Waals surface area contributed by atoms with Gasteiger partial charge in [-0.15, -0.1) is 0 Å². The van der Waals surface area contributed by atoms with Crippen molar-refractivity contribution in [3.05, 3.63) is 64.3 Å². The van der Waals surface area contributed by atoms with Crippen molar-refractivity contribution >= 4 is 61.3 Å². The van der Waals surface area contributed by atoms with Gasteiger partial charge < -0.3 is 24.8 Å². The average Bonchev–Trinajstić information content (AvgIpc) is 3.58. The number of aromatic nitrogens is 2. The Morgan fingerprint density at radius 3 is 2.54 bits per heavy atom. The number of halogens is 1. The molecule has 4 amide bonds. The third-order valence-corrected chi connectivity index (χ3v) is 11.9. The highest BCUT2D eigenvalue weighted by atomic mass is 32.2. The molecule has 3 aromatic carbocycles. The fraction of sp³-hybridized carbons (Fsp3) is 0.432. The van der Waals surface area contributed by atoms with Crippen molar-refractivity contribution in [3.63, 3.8) is 0 Å². The van der Waals surface area contributed by atoms with Crippen LogP contribution in [0.1, 0.15) is 49.6 Å². The number of aromatic hydroxyl groups is 1. The molecule has 1 aromatic heterocycles. The van der Waals surface area contributed by atoms with Gasteiger partial charge in [0.05, 0.1) is 30.8 Å². The number of anilines is 1. The molecule has 17 nitrogen and oxygen atoms in total. The topological polar surface area (TPSA) is 211 Å². The smallest absolute Gasteiger partial charge is 0.329 e. The Morgan fingerprint density at radius 1 is 1.02 bits per heavy atom. The standard InChI is InChI=1S/C37H42FN7O10S/c1-42-34-25(3-2-4-27(34)45(37(42)51)28-7-8-31(48)40-36(28)50)22-9-13-43(14-10-22)15-18-54-16-11-30(47)39-12-17-55-24-6-5-23-19-29(46)35(33(38)26(23)20-24)44-21-32(49)41-56(44,52)53/h2-6,19-20,22,28,46H,7-18,21H2,1H3,(H,39,47)(H,41,49)(H,40,48,50). The van der Waals surface area contributed by atoms with Crippen LogP contribution in [0.3, 0.4) is 0 Å². The second-order valence-corrected chi connectivity index (χ2v) is 15.6. The van der Waals surface area contributed by atoms with E-state index in [9.17, 15) is 37.5 Å². The molecule has 56 heavy (non-hydrogen) atoms. The molecule has 298 valence electrons. The Kier molecular flexibility index (Phi) is 11.0. The lowest BCUT2D eigenvalue weighted by molar-refractivity contribution is -0.135. The lowest BCUT2D eigenvalue weighted by Gasteiger charge is -2.32. The van der Waals surface area contributed by atoms with Crippen LogP contribution < -0.4 is 30.1 Å². The molecular formula is C37H42FN7O10S. The molecular weight excluding hydrogens is 754 g/mol. The maximum absolute atomic E-state index is 15.5. The fourth-order valence-electron chi connectivity index (χ4n) is 7.68. The van der Waals surface area contributed by atoms with Crippen LogP contribution in [0.2, 0.25) is 0 Å². The Morgan fingerprint density at radius 2 is 1.80 bits per heavy atom. The lowest BCUT2D eigenvalue weighted by Crippen LogP contribution is -2.44. The fourth-order valence-corrected chi connectivity index (χ4v) is 8.85. The number of para-hydroxylation sites is 1. The normalized spacial score (nSPS) is 19.1. The van der Waals surface area contributed by atoms with Gasteiger partial charge in [-0.3, -0.25) is 33.6 Å². The van der Waals surface area contributed by atoms with Gasteiger partial charge in [-0.2, -0.15) is 8.42 Å². The number of carbonyl (C=O) groups is 4. The van der Waals surface area contributed by atoms with Gasteiger partial charge in [0.2, 0.25) is 17.7 Å². The van der Waals surface area contributed by atoms with Crippen molar-refractivity contribution in [2.24, 2.45) is 7.05 Å². The Labute approximate surface area is 320 Å². The molecule has 3 aliphatic heterocycles. The number of piperidine rings is 2. The zero-order valence-corrected chi connectivity index (χ0v) is 31.4. The van der Waals surface area contributed by atoms with E-state index >= 15 is 4.39 Å². The van der Waals surface area contributed by atoms with Crippen molar-refractivity contribution in [1.82, 2.24) is 29.4 Å². The summed E-state index contributed by atoms with van der Waals surface area (Å²) in [5.74, 6) is -3.07. The summed E-state index contributed by atoms with van der Waals surface area (Å²) in [6, 6.07) is 10.7. The number of phenols is 1. The van der Waals surface area contributed by atoms with Gasteiger partial charge in [-0.05, 0) is 73.5 Å². The summed E-state index contributed by atoms with van der Waals surface area (Å²) in [6.45, 7) is 2.61. The first kappa shape index (κ1) is 38.7. The first-order valence-corrected chi connectivity index (χ1v) is 19.8. The minimum atomic E-state index is -4.35. The Bertz CT molecular complexity index is 2390. The van der Waals surface area contributed by atoms with Gasteiger partial charge in [0.25, 0.3) is 5.91 Å². The van der Waals surface area contributed by atoms with Gasteiger partial charge in [0.1, 0.15) is 36.4 Å². The number of carbonyl (C=O) groups excluding carboxylic acids is 4. The predicted molar refractivity (Wildman–Crippen MR) is 201 cm³/mol. The molecule has 0 bridgehead atoms. The van der Waals surface area contributed by atoms with Gasteiger partial charge in [0, 0.05) is 31.8 Å². The number of benzene rings is 3. The molecule has 1 unspecified atom stereocenters. The van der Waals surface area contributed by atoms with Crippen LogP contribution in [0, 0.1) is 5.82 Å². The summed E-state index contributed by atoms with van der Waals surface area (Å²) < 4.78 is 56.7. The molecule has 0 spiro atoms. The van der Waals surface area contributed by atoms with E-state index < -0.39 is 51.9 Å². The number of aryl methyl sites for hydroxylation is 1. The van der Waals surface area contributed by atoms with Crippen LogP contribution in [-0.2, 0) is 41.2 Å². The number of phenolic OH excluding ortho intramolecular Hbond substituents is 1. The molecule has 0 radical (unpaired) electrons. The number of hydrogen-bond donors (Lipinski definition) is 4. The molecule has 4 N–H and O–H groups in total. The van der Waals surface area contributed by atoms with E-state index in [0.717, 1.165) is 37.0 Å². The summed E-state index contributed by atoms with van der Waals surface area (Å²) in [7, 11) is -2.63. The molecule has 19 heteroatoms. The highest BCUT2D eigenvalue weighted by Gasteiger charge is 2.38. The molecule has 4 aromatic rings. The molecule has 0 saturated carbocycles. The van der Waals surface area contributed by atoms with Crippen LogP contribution in [0.5, 0.6) is 11.5 Å². The van der Waals surface area contributed by atoms with E-state index in [1.807, 2.05) is 18.2 Å². The van der Waals surface area contributed by atoms with Gasteiger partial charge >= 0.3 is 15.9 Å². The van der Waals surface area contributed by atoms with E-state index in [2.05, 4.69) is 15.5 Å². The van der Waals surface area contributed by atoms with E-state index in [4.69, 9.17) is 9.47 Å². The van der Waals surface area contributed by atoms with E-state index in [1.165, 1.54) is 22.8 Å². The van der Waals surface area contributed by atoms with Crippen LogP contribution in [-0.4, -0.2) is 104 Å². The predicted octanol–water partition coefficient (Wildman–Crippen LogP) is 1.28. The van der Waals surface area contributed by atoms with Crippen LogP contribution in [0.25, 0.3) is 21.8 Å². The van der Waals surface area contributed by atoms with E-state index in [0.29, 0.717) is 23.0 Å². The molecule has 3 saturated heterocycles. The highest BCUT2D eigenvalue weighted by Crippen LogP contribution is 2.39. The quantitative estimate of drug-likeness (QED) is 0.112. The minimum Gasteiger partial charge on any atom is -0.506 e. The van der Waals surface area contributed by atoms with Crippen molar-refractivity contribution in [2.75, 3.05) is 56.8 Å². The number of hydrogen-bond acceptors (Lipinski definition) is 11. The van der Waals surface area contributed by atoms with Crippen molar-refractivity contribution < 1.29 is 46.6 Å². The number of nitrogens with zero attached hydrogens (tertiary/aromatic N) is 4. The summed E-state index contributed by atoms with van der Waals surface area (Å²) in [5.41, 5.74) is 1.64. The second-order valence-electron chi connectivity index (χ2n) is 14.0. The summed E-state index contributed by atoms with van der Waals surface area (Å²) in [4.78, 5) is 63.9. The number of likely N-dealkylation sites (tertiary alicyclic amines) is 1. The van der Waals surface area contributed by atoms with Crippen LogP contribution >= 0.6 is 0 Å². The first-order valence-electron chi connectivity index (χ1n) is 18.3. The number of imide groups is 1. The zero-order chi connectivity index (χ0) is 39.7. The number of amides is 4. The number of nitrogens with one attached hydrogen (secondary N) is 3. The first-order chi connectivity index (χ1) is 26.8. The van der Waals surface area contributed by atoms with Crippen molar-refractivity contribution in [3.8, 4) is 11.5 Å². The van der Waals surface area contributed by atoms with Gasteiger partial charge in [-0.1, -0.05) is 18.2 Å². The monoisotopic (exact) mass is 795 g/mol. The average molecular weight is 796 g/mol. The Hall–Kier alpha value is -5.53. The number of rotatable bonds is 13. The minimum absolute atomic E-state index is 0.0274. The van der Waals surface area contributed by atoms with Crippen molar-refractivity contribution in [2.45, 2.75) is 44.1 Å². The van der Waals surface area contributed by atoms with Crippen LogP contribution in [0.4, 0.5) is 10.1 Å². The largest absolute Gasteiger partial charge is 0.506 e. The van der Waals surface area contributed by atoms with E-state index in [-0.39, 0.29) is 79.0 Å². The summed E-state index contributed by atoms with van der Waals surface area (Å²) in [5, 5.41) is 15.7. The number of ether oxygens (including phenoxy) is 2. The maximum atomic E-state index is 15.5. The SMILES string of the molecule is Cn1c(=O)n(C2CCC(=O)NC2=O)c2cccc(C3CCN(CCOCCC(=O)NCCOc4ccc5cc(O)c(N6CC(=O)NS6(=O)=O)c(F)c5c4)CC3)c21. The molecule has 0 aliphatic carbocycles. The number of fused-ring (bicyclic) bond motifs is 2. The summed E-state index contributed by atoms with van der Waals surface area (Å²) >= 11 is 0.